The number of fused-ring (bicyclic) bond motifs is 1. The topological polar surface area (TPSA) is 34.5 Å². The average molecular weight is 445 g/mol. The average Bonchev–Trinajstić information content (AvgIpc) is 3.53. The number of carbonyl (C=O) groups excluding carboxylic acids is 1. The maximum absolute atomic E-state index is 13.3. The van der Waals surface area contributed by atoms with E-state index in [1.165, 1.54) is 54.1 Å². The molecule has 2 fully saturated rings. The van der Waals surface area contributed by atoms with Crippen LogP contribution in [0, 0.1) is 5.92 Å². The van der Waals surface area contributed by atoms with Gasteiger partial charge in [0.2, 0.25) is 5.91 Å². The fraction of sp³-hybridized carbons (Fsp3) is 0.483. The second-order valence-corrected chi connectivity index (χ2v) is 9.87. The normalized spacial score (nSPS) is 18.0. The van der Waals surface area contributed by atoms with E-state index in [-0.39, 0.29) is 0 Å². The molecule has 1 aliphatic carbocycles. The van der Waals surface area contributed by atoms with Crippen molar-refractivity contribution < 1.29 is 9.53 Å². The quantitative estimate of drug-likeness (QED) is 0.424. The lowest BCUT2D eigenvalue weighted by Gasteiger charge is -2.31. The molecule has 2 aromatic carbocycles. The molecule has 0 radical (unpaired) electrons. The molecule has 0 N–H and O–H groups in total. The van der Waals surface area contributed by atoms with Gasteiger partial charge < -0.3 is 14.2 Å². The van der Waals surface area contributed by atoms with Gasteiger partial charge in [0.05, 0.1) is 7.11 Å². The number of carbonyl (C=O) groups is 1. The van der Waals surface area contributed by atoms with Gasteiger partial charge in [-0.25, -0.2) is 0 Å². The van der Waals surface area contributed by atoms with Crippen molar-refractivity contribution in [3.05, 3.63) is 65.9 Å². The van der Waals surface area contributed by atoms with Gasteiger partial charge >= 0.3 is 0 Å². The zero-order valence-electron chi connectivity index (χ0n) is 19.8. The fourth-order valence-corrected chi connectivity index (χ4v) is 5.98. The first-order valence-corrected chi connectivity index (χ1v) is 12.7. The maximum atomic E-state index is 13.3. The van der Waals surface area contributed by atoms with Crippen LogP contribution in [-0.2, 0) is 11.3 Å². The van der Waals surface area contributed by atoms with E-state index in [1.807, 2.05) is 12.1 Å². The predicted molar refractivity (Wildman–Crippen MR) is 134 cm³/mol. The van der Waals surface area contributed by atoms with Gasteiger partial charge in [0, 0.05) is 43.2 Å². The fourth-order valence-electron chi connectivity index (χ4n) is 5.98. The van der Waals surface area contributed by atoms with Crippen molar-refractivity contribution in [3.63, 3.8) is 0 Å². The molecule has 0 spiro atoms. The van der Waals surface area contributed by atoms with Crippen LogP contribution >= 0.6 is 0 Å². The van der Waals surface area contributed by atoms with Crippen molar-refractivity contribution in [2.45, 2.75) is 63.8 Å². The van der Waals surface area contributed by atoms with Gasteiger partial charge in [-0.3, -0.25) is 4.79 Å². The van der Waals surface area contributed by atoms with Crippen LogP contribution in [0.2, 0.25) is 0 Å². The molecular formula is C29H36N2O2. The summed E-state index contributed by atoms with van der Waals surface area (Å²) in [4.78, 5) is 15.4. The Hall–Kier alpha value is -2.75. The molecule has 2 aliphatic rings. The summed E-state index contributed by atoms with van der Waals surface area (Å²) in [5, 5.41) is 1.32. The molecule has 4 nitrogen and oxygen atoms in total. The zero-order valence-corrected chi connectivity index (χ0v) is 19.8. The highest BCUT2D eigenvalue weighted by molar-refractivity contribution is 5.86. The number of rotatable bonds is 7. The molecular weight excluding hydrogens is 408 g/mol. The highest BCUT2D eigenvalue weighted by Gasteiger charge is 2.31. The molecule has 1 atom stereocenters. The Kier molecular flexibility index (Phi) is 6.70. The standard InChI is InChI=1S/C29H36N2O2/c1-33-24-15-13-22(14-16-24)20-31-21-27(25-11-5-6-12-28(25)31)26(23-9-3-2-4-10-23)19-29(32)30-17-7-8-18-30/h5-6,11-16,21,23,26H,2-4,7-10,17-20H2,1H3/t26-/m0/s1. The van der Waals surface area contributed by atoms with Crippen molar-refractivity contribution >= 4 is 16.8 Å². The summed E-state index contributed by atoms with van der Waals surface area (Å²) in [6, 6.07) is 17.1. The molecule has 2 heterocycles. The molecule has 1 aromatic heterocycles. The Morgan fingerprint density at radius 3 is 2.42 bits per heavy atom. The number of hydrogen-bond donors (Lipinski definition) is 0. The Bertz CT molecular complexity index is 1070. The summed E-state index contributed by atoms with van der Waals surface area (Å²) in [6.45, 7) is 2.70. The van der Waals surface area contributed by atoms with Gasteiger partial charge in [0.15, 0.2) is 0 Å². The molecule has 174 valence electrons. The van der Waals surface area contributed by atoms with E-state index in [0.29, 0.717) is 24.2 Å². The van der Waals surface area contributed by atoms with Crippen molar-refractivity contribution in [3.8, 4) is 5.75 Å². The third-order valence-electron chi connectivity index (χ3n) is 7.80. The lowest BCUT2D eigenvalue weighted by Crippen LogP contribution is -2.31. The number of hydrogen-bond acceptors (Lipinski definition) is 2. The summed E-state index contributed by atoms with van der Waals surface area (Å²) < 4.78 is 7.71. The van der Waals surface area contributed by atoms with E-state index < -0.39 is 0 Å². The van der Waals surface area contributed by atoms with Crippen LogP contribution in [0.5, 0.6) is 5.75 Å². The van der Waals surface area contributed by atoms with E-state index in [2.05, 4.69) is 52.1 Å². The van der Waals surface area contributed by atoms with Crippen LogP contribution in [-0.4, -0.2) is 35.6 Å². The minimum Gasteiger partial charge on any atom is -0.497 e. The van der Waals surface area contributed by atoms with E-state index in [4.69, 9.17) is 4.74 Å². The number of likely N-dealkylation sites (tertiary alicyclic amines) is 1. The lowest BCUT2D eigenvalue weighted by atomic mass is 9.75. The van der Waals surface area contributed by atoms with Gasteiger partial charge in [0.25, 0.3) is 0 Å². The first-order chi connectivity index (χ1) is 16.2. The van der Waals surface area contributed by atoms with Crippen LogP contribution in [0.4, 0.5) is 0 Å². The minimum absolute atomic E-state index is 0.306. The number of nitrogens with zero attached hydrogens (tertiary/aromatic N) is 2. The van der Waals surface area contributed by atoms with E-state index in [0.717, 1.165) is 38.2 Å². The molecule has 1 amide bonds. The zero-order chi connectivity index (χ0) is 22.6. The molecule has 1 aliphatic heterocycles. The first kappa shape index (κ1) is 22.1. The highest BCUT2D eigenvalue weighted by Crippen LogP contribution is 2.42. The van der Waals surface area contributed by atoms with Crippen LogP contribution in [0.3, 0.4) is 0 Å². The molecule has 1 saturated carbocycles. The Morgan fingerprint density at radius 1 is 0.970 bits per heavy atom. The van der Waals surface area contributed by atoms with Crippen molar-refractivity contribution in [2.75, 3.05) is 20.2 Å². The highest BCUT2D eigenvalue weighted by atomic mass is 16.5. The number of para-hydroxylation sites is 1. The smallest absolute Gasteiger partial charge is 0.223 e. The summed E-state index contributed by atoms with van der Waals surface area (Å²) in [6.07, 6.45) is 11.7. The van der Waals surface area contributed by atoms with Gasteiger partial charge in [-0.15, -0.1) is 0 Å². The number of methoxy groups -OCH3 is 1. The number of aromatic nitrogens is 1. The molecule has 0 bridgehead atoms. The van der Waals surface area contributed by atoms with Crippen molar-refractivity contribution in [1.29, 1.82) is 0 Å². The van der Waals surface area contributed by atoms with Crippen LogP contribution in [0.1, 0.15) is 68.4 Å². The van der Waals surface area contributed by atoms with Gasteiger partial charge in [-0.1, -0.05) is 49.6 Å². The Morgan fingerprint density at radius 2 is 1.70 bits per heavy atom. The van der Waals surface area contributed by atoms with Crippen LogP contribution in [0.25, 0.3) is 10.9 Å². The van der Waals surface area contributed by atoms with Crippen LogP contribution < -0.4 is 4.74 Å². The maximum Gasteiger partial charge on any atom is 0.223 e. The van der Waals surface area contributed by atoms with E-state index >= 15 is 0 Å². The van der Waals surface area contributed by atoms with Crippen molar-refractivity contribution in [1.82, 2.24) is 9.47 Å². The van der Waals surface area contributed by atoms with E-state index in [9.17, 15) is 4.79 Å². The summed E-state index contributed by atoms with van der Waals surface area (Å²) in [7, 11) is 1.70. The second kappa shape index (κ2) is 10.0. The molecule has 4 heteroatoms. The lowest BCUT2D eigenvalue weighted by molar-refractivity contribution is -0.130. The number of benzene rings is 2. The second-order valence-electron chi connectivity index (χ2n) is 9.87. The Labute approximate surface area is 197 Å². The SMILES string of the molecule is COc1ccc(Cn2cc([C@@H](CC(=O)N3CCCC3)C3CCCCC3)c3ccccc32)cc1. The molecule has 0 unspecified atom stereocenters. The third-order valence-corrected chi connectivity index (χ3v) is 7.80. The van der Waals surface area contributed by atoms with Gasteiger partial charge in [0.1, 0.15) is 5.75 Å². The molecule has 3 aromatic rings. The number of ether oxygens (including phenoxy) is 1. The monoisotopic (exact) mass is 444 g/mol. The minimum atomic E-state index is 0.306. The summed E-state index contributed by atoms with van der Waals surface area (Å²) in [5.41, 5.74) is 3.89. The molecule has 1 saturated heterocycles. The molecule has 5 rings (SSSR count). The predicted octanol–water partition coefficient (Wildman–Crippen LogP) is 6.37. The molecule has 33 heavy (non-hydrogen) atoms. The Balaban J connectivity index is 1.49. The largest absolute Gasteiger partial charge is 0.497 e. The van der Waals surface area contributed by atoms with Gasteiger partial charge in [-0.05, 0) is 66.8 Å². The first-order valence-electron chi connectivity index (χ1n) is 12.7. The van der Waals surface area contributed by atoms with Crippen LogP contribution in [0.15, 0.2) is 54.7 Å². The van der Waals surface area contributed by atoms with E-state index in [1.54, 1.807) is 7.11 Å². The third kappa shape index (κ3) is 4.80. The number of amides is 1. The van der Waals surface area contributed by atoms with Crippen molar-refractivity contribution in [2.24, 2.45) is 5.92 Å². The summed E-state index contributed by atoms with van der Waals surface area (Å²) >= 11 is 0. The van der Waals surface area contributed by atoms with Gasteiger partial charge in [-0.2, -0.15) is 0 Å². The summed E-state index contributed by atoms with van der Waals surface area (Å²) in [5.74, 6) is 2.15.